The first kappa shape index (κ1) is 13.2. The van der Waals surface area contributed by atoms with Crippen molar-refractivity contribution in [1.29, 1.82) is 0 Å². The maximum Gasteiger partial charge on any atom is 0.0286 e. The maximum atomic E-state index is 5.62. The lowest BCUT2D eigenvalue weighted by molar-refractivity contribution is 0.909. The van der Waals surface area contributed by atoms with Gasteiger partial charge in [0, 0.05) is 16.2 Å². The van der Waals surface area contributed by atoms with E-state index in [1.54, 1.807) is 11.8 Å². The molecule has 0 rings (SSSR count). The molecule has 0 spiro atoms. The molecule has 0 fully saturated rings. The standard InChI is InChI=1S/C10H15ClS2/c1-3-6-12-7-4-5-8-13-9-10(2)11/h6H,1-2,4-5,7-9H2. The van der Waals surface area contributed by atoms with Gasteiger partial charge in [-0.25, -0.2) is 0 Å². The first-order valence-corrected chi connectivity index (χ1v) is 6.72. The largest absolute Gasteiger partial charge is 0.156 e. The SMILES string of the molecule is C=C=CSCCCCSCC(=C)Cl. The Labute approximate surface area is 94.5 Å². The monoisotopic (exact) mass is 234 g/mol. The van der Waals surface area contributed by atoms with Crippen LogP contribution in [0.2, 0.25) is 0 Å². The molecule has 3 heteroatoms. The van der Waals surface area contributed by atoms with Crippen molar-refractivity contribution < 1.29 is 0 Å². The van der Waals surface area contributed by atoms with Crippen LogP contribution in [0.1, 0.15) is 12.8 Å². The number of rotatable bonds is 8. The van der Waals surface area contributed by atoms with Gasteiger partial charge in [-0.2, -0.15) is 11.8 Å². The number of unbranched alkanes of at least 4 members (excludes halogenated alkanes) is 1. The third-order valence-corrected chi connectivity index (χ3v) is 3.51. The van der Waals surface area contributed by atoms with Crippen molar-refractivity contribution in [2.45, 2.75) is 12.8 Å². The van der Waals surface area contributed by atoms with Crippen molar-refractivity contribution in [3.05, 3.63) is 29.3 Å². The molecule has 0 radical (unpaired) electrons. The van der Waals surface area contributed by atoms with Crippen molar-refractivity contribution in [2.75, 3.05) is 17.3 Å². The average molecular weight is 235 g/mol. The van der Waals surface area contributed by atoms with Crippen LogP contribution in [0.3, 0.4) is 0 Å². The second kappa shape index (κ2) is 10.3. The van der Waals surface area contributed by atoms with E-state index in [4.69, 9.17) is 11.6 Å². The number of thioether (sulfide) groups is 2. The Bertz CT molecular complexity index is 177. The molecule has 0 unspecified atom stereocenters. The van der Waals surface area contributed by atoms with E-state index >= 15 is 0 Å². The van der Waals surface area contributed by atoms with Gasteiger partial charge in [0.15, 0.2) is 0 Å². The van der Waals surface area contributed by atoms with Crippen LogP contribution in [0.15, 0.2) is 29.3 Å². The summed E-state index contributed by atoms with van der Waals surface area (Å²) in [4.78, 5) is 0. The minimum absolute atomic E-state index is 0.744. The van der Waals surface area contributed by atoms with E-state index in [9.17, 15) is 0 Å². The molecule has 0 amide bonds. The van der Waals surface area contributed by atoms with E-state index in [2.05, 4.69) is 18.9 Å². The van der Waals surface area contributed by atoms with Crippen molar-refractivity contribution >= 4 is 35.1 Å². The summed E-state index contributed by atoms with van der Waals surface area (Å²) in [7, 11) is 0. The minimum atomic E-state index is 0.744. The molecule has 13 heavy (non-hydrogen) atoms. The zero-order valence-corrected chi connectivity index (χ0v) is 10.1. The second-order valence-corrected chi connectivity index (χ2v) is 5.09. The molecular weight excluding hydrogens is 220 g/mol. The van der Waals surface area contributed by atoms with Gasteiger partial charge in [0.2, 0.25) is 0 Å². The van der Waals surface area contributed by atoms with E-state index in [0.717, 1.165) is 16.5 Å². The lowest BCUT2D eigenvalue weighted by Gasteiger charge is -1.98. The van der Waals surface area contributed by atoms with Crippen molar-refractivity contribution in [1.82, 2.24) is 0 Å². The van der Waals surface area contributed by atoms with E-state index < -0.39 is 0 Å². The molecule has 0 aromatic rings. The molecule has 0 aliphatic heterocycles. The van der Waals surface area contributed by atoms with Gasteiger partial charge in [0.1, 0.15) is 0 Å². The highest BCUT2D eigenvalue weighted by atomic mass is 35.5. The van der Waals surface area contributed by atoms with Gasteiger partial charge < -0.3 is 0 Å². The molecule has 0 saturated carbocycles. The highest BCUT2D eigenvalue weighted by molar-refractivity contribution is 8.02. The zero-order valence-electron chi connectivity index (χ0n) is 7.72. The molecule has 0 nitrogen and oxygen atoms in total. The summed E-state index contributed by atoms with van der Waals surface area (Å²) in [6.07, 6.45) is 2.48. The van der Waals surface area contributed by atoms with E-state index in [1.165, 1.54) is 18.6 Å². The topological polar surface area (TPSA) is 0 Å². The molecule has 0 aromatic carbocycles. The molecule has 0 atom stereocenters. The van der Waals surface area contributed by atoms with Crippen LogP contribution in [0.5, 0.6) is 0 Å². The first-order valence-electron chi connectivity index (χ1n) is 4.14. The Balaban J connectivity index is 2.99. The highest BCUT2D eigenvalue weighted by Crippen LogP contribution is 2.13. The predicted octanol–water partition coefficient (Wildman–Crippen LogP) is 4.28. The number of hydrogen-bond acceptors (Lipinski definition) is 2. The summed E-state index contributed by atoms with van der Waals surface area (Å²) in [5, 5.41) is 2.65. The van der Waals surface area contributed by atoms with Gasteiger partial charge >= 0.3 is 0 Å². The van der Waals surface area contributed by atoms with Crippen LogP contribution in [0.25, 0.3) is 0 Å². The van der Waals surface area contributed by atoms with Crippen molar-refractivity contribution in [3.8, 4) is 0 Å². The molecule has 0 N–H and O–H groups in total. The van der Waals surface area contributed by atoms with Gasteiger partial charge in [0.25, 0.3) is 0 Å². The van der Waals surface area contributed by atoms with Crippen molar-refractivity contribution in [2.24, 2.45) is 0 Å². The highest BCUT2D eigenvalue weighted by Gasteiger charge is 1.91. The van der Waals surface area contributed by atoms with Crippen molar-refractivity contribution in [3.63, 3.8) is 0 Å². The Hall–Kier alpha value is 0.250. The third kappa shape index (κ3) is 12.2. The summed E-state index contributed by atoms with van der Waals surface area (Å²) in [6.45, 7) is 7.13. The summed E-state index contributed by atoms with van der Waals surface area (Å²) >= 11 is 9.23. The summed E-state index contributed by atoms with van der Waals surface area (Å²) in [5.74, 6) is 3.20. The molecule has 74 valence electrons. The van der Waals surface area contributed by atoms with Gasteiger partial charge in [-0.15, -0.1) is 17.5 Å². The lowest BCUT2D eigenvalue weighted by atomic mass is 10.4. The Morgan fingerprint density at radius 1 is 1.38 bits per heavy atom. The smallest absolute Gasteiger partial charge is 0.0286 e. The Morgan fingerprint density at radius 2 is 2.08 bits per heavy atom. The van der Waals surface area contributed by atoms with Crippen LogP contribution in [-0.2, 0) is 0 Å². The summed E-state index contributed by atoms with van der Waals surface area (Å²) < 4.78 is 0. The van der Waals surface area contributed by atoms with E-state index in [1.807, 2.05) is 17.2 Å². The van der Waals surface area contributed by atoms with Gasteiger partial charge in [0.05, 0.1) is 0 Å². The van der Waals surface area contributed by atoms with Gasteiger partial charge in [-0.1, -0.05) is 24.8 Å². The molecule has 0 aliphatic rings. The molecular formula is C10H15ClS2. The fourth-order valence-corrected chi connectivity index (χ4v) is 2.30. The van der Waals surface area contributed by atoms with Crippen LogP contribution in [0.4, 0.5) is 0 Å². The lowest BCUT2D eigenvalue weighted by Crippen LogP contribution is -1.85. The van der Waals surface area contributed by atoms with Crippen LogP contribution < -0.4 is 0 Å². The predicted molar refractivity (Wildman–Crippen MR) is 67.7 cm³/mol. The van der Waals surface area contributed by atoms with Crippen LogP contribution >= 0.6 is 35.1 Å². The molecule has 0 saturated heterocycles. The molecule has 0 heterocycles. The number of hydrogen-bond donors (Lipinski definition) is 0. The normalized spacial score (nSPS) is 9.31. The van der Waals surface area contributed by atoms with Crippen LogP contribution in [-0.4, -0.2) is 17.3 Å². The molecule has 0 aliphatic carbocycles. The van der Waals surface area contributed by atoms with E-state index in [-0.39, 0.29) is 0 Å². The van der Waals surface area contributed by atoms with Gasteiger partial charge in [-0.05, 0) is 24.3 Å². The quantitative estimate of drug-likeness (QED) is 0.454. The second-order valence-electron chi connectivity index (χ2n) is 2.47. The average Bonchev–Trinajstić information content (AvgIpc) is 2.09. The fraction of sp³-hybridized carbons (Fsp3) is 0.500. The molecule has 0 bridgehead atoms. The van der Waals surface area contributed by atoms with Crippen LogP contribution in [0, 0.1) is 0 Å². The maximum absolute atomic E-state index is 5.62. The Morgan fingerprint density at radius 3 is 2.69 bits per heavy atom. The summed E-state index contributed by atoms with van der Waals surface area (Å²) in [6, 6.07) is 0. The minimum Gasteiger partial charge on any atom is -0.156 e. The fourth-order valence-electron chi connectivity index (χ4n) is 0.690. The third-order valence-electron chi connectivity index (χ3n) is 1.23. The molecule has 0 aromatic heterocycles. The number of halogens is 1. The zero-order chi connectivity index (χ0) is 9.94. The van der Waals surface area contributed by atoms with E-state index in [0.29, 0.717) is 0 Å². The Kier molecular flexibility index (Phi) is 10.5. The summed E-state index contributed by atoms with van der Waals surface area (Å²) in [5.41, 5.74) is 2.74. The first-order chi connectivity index (χ1) is 6.27. The van der Waals surface area contributed by atoms with Gasteiger partial charge in [-0.3, -0.25) is 0 Å².